The lowest BCUT2D eigenvalue weighted by Crippen LogP contribution is -2.55. The van der Waals surface area contributed by atoms with Gasteiger partial charge in [0.2, 0.25) is 17.0 Å². The van der Waals surface area contributed by atoms with Gasteiger partial charge in [-0.15, -0.1) is 11.3 Å². The summed E-state index contributed by atoms with van der Waals surface area (Å²) in [6.07, 6.45) is 5.24. The fourth-order valence-corrected chi connectivity index (χ4v) is 5.57. The van der Waals surface area contributed by atoms with E-state index in [1.165, 1.54) is 11.1 Å². The van der Waals surface area contributed by atoms with Crippen LogP contribution in [0.15, 0.2) is 36.4 Å². The van der Waals surface area contributed by atoms with Gasteiger partial charge in [0.1, 0.15) is 5.69 Å². The summed E-state index contributed by atoms with van der Waals surface area (Å²) in [4.78, 5) is 22.0. The van der Waals surface area contributed by atoms with Crippen LogP contribution in [0.1, 0.15) is 39.3 Å². The summed E-state index contributed by atoms with van der Waals surface area (Å²) >= 11 is 1.05. The molecule has 6 nitrogen and oxygen atoms in total. The molecule has 1 N–H and O–H groups in total. The standard InChI is InChI=1S/C23H19F2N5OS/c1-13-20(29-22(32-13)30(12-26)16-8-18(24)28-19(25)9-16)21(31)27-17-6-7-23(17)10-14-4-2-3-5-15(14)11-23/h2-5,8-9,17H,6-7,10-11H2,1H3,(H,27,31)/i/hD. The second-order valence-corrected chi connectivity index (χ2v) is 9.46. The van der Waals surface area contributed by atoms with Crippen molar-refractivity contribution in [1.82, 2.24) is 15.3 Å². The maximum Gasteiger partial charge on any atom is 0.271 e. The topological polar surface area (TPSA) is 81.9 Å². The minimum atomic E-state index is -1.07. The first kappa shape index (κ1) is 19.3. The summed E-state index contributed by atoms with van der Waals surface area (Å²) in [5.41, 5.74) is 2.41. The highest BCUT2D eigenvalue weighted by Crippen LogP contribution is 2.51. The van der Waals surface area contributed by atoms with E-state index in [1.54, 1.807) is 6.92 Å². The summed E-state index contributed by atoms with van der Waals surface area (Å²) in [6.45, 7) is 1.67. The molecule has 2 aromatic heterocycles. The zero-order valence-electron chi connectivity index (χ0n) is 18.2. The predicted octanol–water partition coefficient (Wildman–Crippen LogP) is 4.42. The van der Waals surface area contributed by atoms with Gasteiger partial charge in [-0.3, -0.25) is 4.79 Å². The number of hydrogen-bond acceptors (Lipinski definition) is 6. The first-order valence-electron chi connectivity index (χ1n) is 10.7. The number of anilines is 2. The summed E-state index contributed by atoms with van der Waals surface area (Å²) < 4.78 is 35.7. The third kappa shape index (κ3) is 3.41. The van der Waals surface area contributed by atoms with E-state index in [4.69, 9.17) is 1.41 Å². The number of benzene rings is 1. The van der Waals surface area contributed by atoms with E-state index in [0.717, 1.165) is 59.4 Å². The van der Waals surface area contributed by atoms with E-state index in [0.29, 0.717) is 4.88 Å². The molecule has 0 saturated heterocycles. The number of nitrogens with one attached hydrogen (secondary N) is 1. The number of pyridine rings is 1. The van der Waals surface area contributed by atoms with Gasteiger partial charge >= 0.3 is 0 Å². The Morgan fingerprint density at radius 3 is 2.50 bits per heavy atom. The smallest absolute Gasteiger partial charge is 0.271 e. The quantitative estimate of drug-likeness (QED) is 0.360. The molecule has 1 amide bonds. The normalized spacial score (nSPS) is 18.4. The van der Waals surface area contributed by atoms with Crippen LogP contribution in [0.2, 0.25) is 1.41 Å². The molecule has 2 aliphatic rings. The van der Waals surface area contributed by atoms with Crippen molar-refractivity contribution < 1.29 is 15.0 Å². The molecule has 1 unspecified atom stereocenters. The van der Waals surface area contributed by atoms with Crippen molar-refractivity contribution >= 4 is 28.1 Å². The number of hydrogen-bond donors (Lipinski definition) is 1. The van der Waals surface area contributed by atoms with E-state index in [2.05, 4.69) is 22.1 Å². The van der Waals surface area contributed by atoms with Gasteiger partial charge in [0, 0.05) is 23.1 Å². The molecule has 2 heterocycles. The highest BCUT2D eigenvalue weighted by molar-refractivity contribution is 7.16. The van der Waals surface area contributed by atoms with Crippen LogP contribution in [0.5, 0.6) is 0 Å². The Morgan fingerprint density at radius 2 is 1.94 bits per heavy atom. The molecule has 1 saturated carbocycles. The second-order valence-electron chi connectivity index (χ2n) is 8.28. The maximum atomic E-state index is 13.5. The molecule has 0 bridgehead atoms. The van der Waals surface area contributed by atoms with Crippen LogP contribution in [-0.2, 0) is 12.8 Å². The van der Waals surface area contributed by atoms with Gasteiger partial charge in [-0.25, -0.2) is 9.88 Å². The van der Waals surface area contributed by atoms with Crippen molar-refractivity contribution in [2.24, 2.45) is 5.41 Å². The number of thiazole rings is 1. The molecular formula is C23H19F2N5OS. The second kappa shape index (κ2) is 7.64. The predicted molar refractivity (Wildman–Crippen MR) is 116 cm³/mol. The molecular weight excluding hydrogens is 432 g/mol. The van der Waals surface area contributed by atoms with Crippen molar-refractivity contribution in [1.29, 1.82) is 5.26 Å². The van der Waals surface area contributed by atoms with E-state index in [9.17, 15) is 18.8 Å². The average Bonchev–Trinajstić information content (AvgIpc) is 3.34. The molecule has 0 radical (unpaired) electrons. The van der Waals surface area contributed by atoms with Crippen LogP contribution < -0.4 is 10.2 Å². The lowest BCUT2D eigenvalue weighted by molar-refractivity contribution is 0.0600. The lowest BCUT2D eigenvalue weighted by Gasteiger charge is -2.47. The SMILES string of the molecule is [2H]N(C(=O)c1nc(N(C#N)c2cc(F)nc(F)c2)sc1C)C1CCC12Cc1ccccc1C2. The van der Waals surface area contributed by atoms with Gasteiger partial charge in [-0.2, -0.15) is 19.0 Å². The minimum absolute atomic E-state index is 0.0674. The molecule has 0 aliphatic heterocycles. The summed E-state index contributed by atoms with van der Waals surface area (Å²) in [6, 6.07) is 9.83. The number of nitriles is 1. The maximum absolute atomic E-state index is 13.5. The molecule has 1 fully saturated rings. The Balaban J connectivity index is 1.39. The molecule has 9 heteroatoms. The Bertz CT molecular complexity index is 1260. The van der Waals surface area contributed by atoms with Crippen molar-refractivity contribution in [2.75, 3.05) is 4.90 Å². The van der Waals surface area contributed by atoms with E-state index < -0.39 is 17.8 Å². The Hall–Kier alpha value is -3.38. The zero-order chi connectivity index (χ0) is 23.3. The molecule has 1 spiro atoms. The van der Waals surface area contributed by atoms with Crippen molar-refractivity contribution in [3.63, 3.8) is 0 Å². The van der Waals surface area contributed by atoms with Gasteiger partial charge in [0.05, 0.1) is 5.69 Å². The fraction of sp³-hybridized carbons (Fsp3) is 0.304. The number of aromatic nitrogens is 2. The Labute approximate surface area is 189 Å². The number of carbonyl (C=O) groups excluding carboxylic acids is 1. The highest BCUT2D eigenvalue weighted by Gasteiger charge is 2.50. The largest absolute Gasteiger partial charge is 0.347 e. The number of fused-ring (bicyclic) bond motifs is 1. The number of rotatable bonds is 4. The Morgan fingerprint density at radius 1 is 1.28 bits per heavy atom. The summed E-state index contributed by atoms with van der Waals surface area (Å²) in [5.74, 6) is -2.68. The van der Waals surface area contributed by atoms with Gasteiger partial charge in [0.15, 0.2) is 7.60 Å². The molecule has 3 aromatic rings. The first-order valence-corrected chi connectivity index (χ1v) is 11.0. The van der Waals surface area contributed by atoms with Gasteiger partial charge in [0.25, 0.3) is 5.91 Å². The van der Waals surface area contributed by atoms with E-state index in [1.807, 2.05) is 18.3 Å². The van der Waals surface area contributed by atoms with Crippen LogP contribution in [0.4, 0.5) is 19.6 Å². The number of carbonyl (C=O) groups is 1. The van der Waals surface area contributed by atoms with E-state index in [-0.39, 0.29) is 28.0 Å². The molecule has 1 aromatic carbocycles. The molecule has 5 rings (SSSR count). The van der Waals surface area contributed by atoms with Gasteiger partial charge in [-0.1, -0.05) is 24.3 Å². The van der Waals surface area contributed by atoms with Crippen molar-refractivity contribution in [3.05, 3.63) is 70.0 Å². The lowest BCUT2D eigenvalue weighted by atomic mass is 9.62. The molecule has 2 aliphatic carbocycles. The van der Waals surface area contributed by atoms with Crippen LogP contribution >= 0.6 is 11.3 Å². The molecule has 162 valence electrons. The van der Waals surface area contributed by atoms with Crippen molar-refractivity contribution in [3.8, 4) is 6.19 Å². The van der Waals surface area contributed by atoms with Crippen LogP contribution in [0.3, 0.4) is 0 Å². The van der Waals surface area contributed by atoms with Crippen LogP contribution in [0.25, 0.3) is 0 Å². The number of aryl methyl sites for hydroxylation is 1. The number of nitrogens with zero attached hydrogens (tertiary/aromatic N) is 4. The minimum Gasteiger partial charge on any atom is -0.347 e. The number of halogens is 2. The highest BCUT2D eigenvalue weighted by atomic mass is 32.1. The first-order chi connectivity index (χ1) is 15.8. The molecule has 1 atom stereocenters. The van der Waals surface area contributed by atoms with Crippen LogP contribution in [-0.4, -0.2) is 21.9 Å². The zero-order valence-corrected chi connectivity index (χ0v) is 18.0. The summed E-state index contributed by atoms with van der Waals surface area (Å²) in [5, 5.41) is 10.7. The third-order valence-corrected chi connectivity index (χ3v) is 7.34. The van der Waals surface area contributed by atoms with Gasteiger partial charge < -0.3 is 5.31 Å². The average molecular weight is 453 g/mol. The molecule has 32 heavy (non-hydrogen) atoms. The number of amides is 1. The Kier molecular flexibility index (Phi) is 4.61. The van der Waals surface area contributed by atoms with E-state index >= 15 is 0 Å². The summed E-state index contributed by atoms with van der Waals surface area (Å²) in [7, 11) is 0. The van der Waals surface area contributed by atoms with Crippen molar-refractivity contribution in [2.45, 2.75) is 38.6 Å². The third-order valence-electron chi connectivity index (χ3n) is 6.38. The monoisotopic (exact) mass is 452 g/mol. The fourth-order valence-electron chi connectivity index (χ4n) is 4.69. The van der Waals surface area contributed by atoms with Gasteiger partial charge in [-0.05, 0) is 49.1 Å². The van der Waals surface area contributed by atoms with Crippen LogP contribution in [0, 0.1) is 35.7 Å².